The molecular formula is C18H35Cl2N3O. The highest BCUT2D eigenvalue weighted by Crippen LogP contribution is 2.30. The summed E-state index contributed by atoms with van der Waals surface area (Å²) in [4.78, 5) is 17.8. The lowest BCUT2D eigenvalue weighted by Gasteiger charge is -2.43. The molecule has 4 nitrogen and oxygen atoms in total. The number of rotatable bonds is 4. The summed E-state index contributed by atoms with van der Waals surface area (Å²) in [6.45, 7) is 4.75. The summed E-state index contributed by atoms with van der Waals surface area (Å²) in [5.74, 6) is 0.417. The molecule has 0 aromatic carbocycles. The van der Waals surface area contributed by atoms with Gasteiger partial charge in [-0.3, -0.25) is 9.69 Å². The molecule has 0 spiro atoms. The number of hydrogen-bond donors (Lipinski definition) is 1. The first kappa shape index (κ1) is 22.0. The number of carbonyl (C=O) groups excluding carboxylic acids is 1. The van der Waals surface area contributed by atoms with E-state index in [0.29, 0.717) is 24.5 Å². The zero-order valence-corrected chi connectivity index (χ0v) is 16.5. The van der Waals surface area contributed by atoms with Crippen molar-refractivity contribution in [2.24, 2.45) is 0 Å². The van der Waals surface area contributed by atoms with Crippen LogP contribution in [0.1, 0.15) is 64.2 Å². The number of nitrogens with one attached hydrogen (secondary N) is 1. The van der Waals surface area contributed by atoms with Gasteiger partial charge in [0.25, 0.3) is 0 Å². The Labute approximate surface area is 159 Å². The van der Waals surface area contributed by atoms with E-state index >= 15 is 0 Å². The molecule has 0 atom stereocenters. The van der Waals surface area contributed by atoms with Crippen LogP contribution in [-0.2, 0) is 4.79 Å². The normalized spacial score (nSPS) is 23.8. The van der Waals surface area contributed by atoms with Crippen LogP contribution in [0.4, 0.5) is 0 Å². The lowest BCUT2D eigenvalue weighted by Crippen LogP contribution is -2.54. The van der Waals surface area contributed by atoms with Crippen molar-refractivity contribution in [3.05, 3.63) is 0 Å². The Kier molecular flexibility index (Phi) is 10.6. The predicted octanol–water partition coefficient (Wildman–Crippen LogP) is 3.23. The maximum atomic E-state index is 13.1. The maximum absolute atomic E-state index is 13.1. The molecular weight excluding hydrogens is 345 g/mol. The van der Waals surface area contributed by atoms with Crippen molar-refractivity contribution in [2.45, 2.75) is 76.3 Å². The SMILES string of the molecule is Cl.Cl.O=C(CN1CCNCC1)N(C1CCCCC1)C1CCCCC1. The van der Waals surface area contributed by atoms with Gasteiger partial charge in [0.2, 0.25) is 5.91 Å². The van der Waals surface area contributed by atoms with Gasteiger partial charge in [-0.2, -0.15) is 0 Å². The second-order valence-electron chi connectivity index (χ2n) is 7.41. The van der Waals surface area contributed by atoms with Crippen LogP contribution in [0.25, 0.3) is 0 Å². The van der Waals surface area contributed by atoms with E-state index in [4.69, 9.17) is 0 Å². The first-order valence-corrected chi connectivity index (χ1v) is 9.59. The van der Waals surface area contributed by atoms with Crippen molar-refractivity contribution in [3.63, 3.8) is 0 Å². The number of nitrogens with zero attached hydrogens (tertiary/aromatic N) is 2. The van der Waals surface area contributed by atoms with Crippen LogP contribution >= 0.6 is 24.8 Å². The Hall–Kier alpha value is -0.0300. The average Bonchev–Trinajstić information content (AvgIpc) is 2.58. The topological polar surface area (TPSA) is 35.6 Å². The van der Waals surface area contributed by atoms with Crippen LogP contribution in [0, 0.1) is 0 Å². The summed E-state index contributed by atoms with van der Waals surface area (Å²) >= 11 is 0. The lowest BCUT2D eigenvalue weighted by atomic mass is 9.88. The van der Waals surface area contributed by atoms with Gasteiger partial charge in [-0.1, -0.05) is 38.5 Å². The number of halogens is 2. The number of amides is 1. The van der Waals surface area contributed by atoms with E-state index in [9.17, 15) is 4.79 Å². The third-order valence-electron chi connectivity index (χ3n) is 5.79. The quantitative estimate of drug-likeness (QED) is 0.814. The van der Waals surface area contributed by atoms with Crippen molar-refractivity contribution in [1.29, 1.82) is 0 Å². The van der Waals surface area contributed by atoms with Crippen molar-refractivity contribution in [2.75, 3.05) is 32.7 Å². The van der Waals surface area contributed by atoms with Gasteiger partial charge in [-0.05, 0) is 25.7 Å². The zero-order chi connectivity index (χ0) is 15.2. The van der Waals surface area contributed by atoms with Crippen LogP contribution in [0.3, 0.4) is 0 Å². The second-order valence-corrected chi connectivity index (χ2v) is 7.41. The molecule has 3 rings (SSSR count). The van der Waals surface area contributed by atoms with Gasteiger partial charge in [0.15, 0.2) is 0 Å². The number of piperazine rings is 1. The summed E-state index contributed by atoms with van der Waals surface area (Å²) in [5.41, 5.74) is 0. The van der Waals surface area contributed by atoms with Crippen molar-refractivity contribution < 1.29 is 4.79 Å². The second kappa shape index (κ2) is 11.6. The molecule has 2 aliphatic carbocycles. The highest BCUT2D eigenvalue weighted by molar-refractivity contribution is 5.85. The minimum Gasteiger partial charge on any atom is -0.336 e. The van der Waals surface area contributed by atoms with E-state index in [1.54, 1.807) is 0 Å². The molecule has 24 heavy (non-hydrogen) atoms. The molecule has 1 amide bonds. The summed E-state index contributed by atoms with van der Waals surface area (Å²) in [5, 5.41) is 3.38. The summed E-state index contributed by atoms with van der Waals surface area (Å²) in [6, 6.07) is 1.07. The Bertz CT molecular complexity index is 334. The van der Waals surface area contributed by atoms with E-state index in [-0.39, 0.29) is 24.8 Å². The largest absolute Gasteiger partial charge is 0.336 e. The summed E-state index contributed by atoms with van der Waals surface area (Å²) in [7, 11) is 0. The van der Waals surface area contributed by atoms with E-state index in [0.717, 1.165) is 26.2 Å². The molecule has 0 bridgehead atoms. The molecule has 3 aliphatic rings. The van der Waals surface area contributed by atoms with Crippen molar-refractivity contribution >= 4 is 30.7 Å². The van der Waals surface area contributed by atoms with Gasteiger partial charge in [0.1, 0.15) is 0 Å². The smallest absolute Gasteiger partial charge is 0.237 e. The number of carbonyl (C=O) groups is 1. The first-order valence-electron chi connectivity index (χ1n) is 9.59. The van der Waals surface area contributed by atoms with Gasteiger partial charge in [-0.15, -0.1) is 24.8 Å². The number of hydrogen-bond acceptors (Lipinski definition) is 3. The summed E-state index contributed by atoms with van der Waals surface area (Å²) in [6.07, 6.45) is 12.9. The Balaban J connectivity index is 0.00000144. The zero-order valence-electron chi connectivity index (χ0n) is 14.9. The van der Waals surface area contributed by atoms with E-state index in [2.05, 4.69) is 15.1 Å². The maximum Gasteiger partial charge on any atom is 0.237 e. The molecule has 3 fully saturated rings. The Morgan fingerprint density at radius 2 is 1.29 bits per heavy atom. The average molecular weight is 380 g/mol. The Morgan fingerprint density at radius 3 is 1.75 bits per heavy atom. The molecule has 142 valence electrons. The molecule has 0 aromatic heterocycles. The fourth-order valence-electron chi connectivity index (χ4n) is 4.57. The minimum absolute atomic E-state index is 0. The third kappa shape index (κ3) is 6.05. The highest BCUT2D eigenvalue weighted by Gasteiger charge is 2.33. The van der Waals surface area contributed by atoms with Crippen LogP contribution in [0.2, 0.25) is 0 Å². The summed E-state index contributed by atoms with van der Waals surface area (Å²) < 4.78 is 0. The molecule has 1 aliphatic heterocycles. The van der Waals surface area contributed by atoms with Crippen LogP contribution in [0.15, 0.2) is 0 Å². The van der Waals surface area contributed by atoms with Crippen LogP contribution in [0.5, 0.6) is 0 Å². The molecule has 6 heteroatoms. The predicted molar refractivity (Wildman–Crippen MR) is 104 cm³/mol. The van der Waals surface area contributed by atoms with Gasteiger partial charge < -0.3 is 10.2 Å². The molecule has 1 heterocycles. The van der Waals surface area contributed by atoms with Gasteiger partial charge in [0, 0.05) is 38.3 Å². The van der Waals surface area contributed by atoms with Gasteiger partial charge in [0.05, 0.1) is 6.54 Å². The standard InChI is InChI=1S/C18H33N3O.2ClH/c22-18(15-20-13-11-19-12-14-20)21(16-7-3-1-4-8-16)17-9-5-2-6-10-17;;/h16-17,19H,1-15H2;2*1H. The van der Waals surface area contributed by atoms with Crippen molar-refractivity contribution in [1.82, 2.24) is 15.1 Å². The lowest BCUT2D eigenvalue weighted by molar-refractivity contribution is -0.139. The van der Waals surface area contributed by atoms with Crippen LogP contribution < -0.4 is 5.32 Å². The fourth-order valence-corrected chi connectivity index (χ4v) is 4.57. The van der Waals surface area contributed by atoms with E-state index in [1.807, 2.05) is 0 Å². The van der Waals surface area contributed by atoms with Gasteiger partial charge in [-0.25, -0.2) is 0 Å². The van der Waals surface area contributed by atoms with E-state index in [1.165, 1.54) is 64.2 Å². The van der Waals surface area contributed by atoms with Crippen LogP contribution in [-0.4, -0.2) is 60.5 Å². The molecule has 0 aromatic rings. The minimum atomic E-state index is 0. The monoisotopic (exact) mass is 379 g/mol. The van der Waals surface area contributed by atoms with Crippen molar-refractivity contribution in [3.8, 4) is 0 Å². The fraction of sp³-hybridized carbons (Fsp3) is 0.944. The third-order valence-corrected chi connectivity index (χ3v) is 5.79. The molecule has 0 radical (unpaired) electrons. The molecule has 1 saturated heterocycles. The molecule has 0 unspecified atom stereocenters. The molecule has 1 N–H and O–H groups in total. The highest BCUT2D eigenvalue weighted by atomic mass is 35.5. The first-order chi connectivity index (χ1) is 10.8. The van der Waals surface area contributed by atoms with E-state index < -0.39 is 0 Å². The Morgan fingerprint density at radius 1 is 0.833 bits per heavy atom. The molecule has 2 saturated carbocycles. The van der Waals surface area contributed by atoms with Gasteiger partial charge >= 0.3 is 0 Å².